The lowest BCUT2D eigenvalue weighted by Gasteiger charge is -2.10. The summed E-state index contributed by atoms with van der Waals surface area (Å²) in [6.07, 6.45) is 6.04. The zero-order valence-corrected chi connectivity index (χ0v) is 24.0. The van der Waals surface area contributed by atoms with Crippen molar-refractivity contribution in [3.63, 3.8) is 0 Å². The smallest absolute Gasteiger partial charge is 0.337 e. The SMILES string of the molecule is CCn1cc(-c2ccc(Cl)cc2Cl)nc1/C=C/c1ccc(-c2ccc(Oc3ccc(C(=O)OC)cc3N)cc2)cc1. The maximum atomic E-state index is 11.7. The number of halogens is 2. The number of carbonyl (C=O) groups is 1. The average Bonchev–Trinajstić information content (AvgIpc) is 3.40. The van der Waals surface area contributed by atoms with E-state index in [1.54, 1.807) is 18.2 Å². The van der Waals surface area contributed by atoms with E-state index in [9.17, 15) is 4.79 Å². The summed E-state index contributed by atoms with van der Waals surface area (Å²) in [6.45, 7) is 2.86. The number of nitrogens with two attached hydrogens (primary N) is 1. The molecule has 0 saturated carbocycles. The minimum Gasteiger partial charge on any atom is -0.465 e. The highest BCUT2D eigenvalue weighted by atomic mass is 35.5. The van der Waals surface area contributed by atoms with Crippen molar-refractivity contribution in [1.29, 1.82) is 0 Å². The van der Waals surface area contributed by atoms with E-state index < -0.39 is 5.97 Å². The second-order valence-corrected chi connectivity index (χ2v) is 10.1. The first-order chi connectivity index (χ1) is 19.8. The van der Waals surface area contributed by atoms with Crippen LogP contribution in [0.25, 0.3) is 34.5 Å². The van der Waals surface area contributed by atoms with Gasteiger partial charge in [0.25, 0.3) is 0 Å². The third-order valence-electron chi connectivity index (χ3n) is 6.54. The van der Waals surface area contributed by atoms with Crippen LogP contribution in [0.3, 0.4) is 0 Å². The van der Waals surface area contributed by atoms with Crippen LogP contribution in [0.15, 0.2) is 91.1 Å². The molecule has 0 spiro atoms. The van der Waals surface area contributed by atoms with E-state index in [-0.39, 0.29) is 0 Å². The number of nitrogens with zero attached hydrogens (tertiary/aromatic N) is 2. The summed E-state index contributed by atoms with van der Waals surface area (Å²) in [6, 6.07) is 26.2. The maximum Gasteiger partial charge on any atom is 0.337 e. The maximum absolute atomic E-state index is 11.7. The molecule has 5 aromatic rings. The van der Waals surface area contributed by atoms with Crippen LogP contribution in [-0.2, 0) is 11.3 Å². The third-order valence-corrected chi connectivity index (χ3v) is 7.08. The Bertz CT molecular complexity index is 1730. The number of hydrogen-bond donors (Lipinski definition) is 1. The van der Waals surface area contributed by atoms with Crippen LogP contribution in [-0.4, -0.2) is 22.6 Å². The molecule has 0 aliphatic carbocycles. The number of ether oxygens (including phenoxy) is 2. The van der Waals surface area contributed by atoms with Gasteiger partial charge in [0.05, 0.1) is 29.1 Å². The lowest BCUT2D eigenvalue weighted by atomic mass is 10.0. The number of aromatic nitrogens is 2. The molecule has 0 aliphatic rings. The summed E-state index contributed by atoms with van der Waals surface area (Å²) in [5.41, 5.74) is 11.6. The molecular formula is C33H27Cl2N3O3. The number of aryl methyl sites for hydroxylation is 1. The van der Waals surface area contributed by atoms with E-state index in [0.717, 1.165) is 40.3 Å². The van der Waals surface area contributed by atoms with Gasteiger partial charge >= 0.3 is 5.97 Å². The zero-order valence-electron chi connectivity index (χ0n) is 22.5. The largest absolute Gasteiger partial charge is 0.465 e. The summed E-state index contributed by atoms with van der Waals surface area (Å²) in [5.74, 6) is 1.49. The van der Waals surface area contributed by atoms with E-state index in [1.165, 1.54) is 13.2 Å². The fraction of sp³-hybridized carbons (Fsp3) is 0.0909. The first-order valence-electron chi connectivity index (χ1n) is 12.9. The van der Waals surface area contributed by atoms with Crippen molar-refractivity contribution < 1.29 is 14.3 Å². The quantitative estimate of drug-likeness (QED) is 0.146. The van der Waals surface area contributed by atoms with Gasteiger partial charge in [0.1, 0.15) is 17.3 Å². The van der Waals surface area contributed by atoms with Gasteiger partial charge in [-0.05, 0) is 78.2 Å². The van der Waals surface area contributed by atoms with Gasteiger partial charge in [-0.25, -0.2) is 9.78 Å². The van der Waals surface area contributed by atoms with Crippen LogP contribution in [0, 0.1) is 0 Å². The molecule has 206 valence electrons. The van der Waals surface area contributed by atoms with Crippen LogP contribution in [0.4, 0.5) is 5.69 Å². The number of esters is 1. The fourth-order valence-corrected chi connectivity index (χ4v) is 4.83. The summed E-state index contributed by atoms with van der Waals surface area (Å²) in [7, 11) is 1.33. The molecule has 0 bridgehead atoms. The Morgan fingerprint density at radius 1 is 0.927 bits per heavy atom. The topological polar surface area (TPSA) is 79.4 Å². The summed E-state index contributed by atoms with van der Waals surface area (Å²) in [4.78, 5) is 16.5. The molecule has 8 heteroatoms. The van der Waals surface area contributed by atoms with Crippen molar-refractivity contribution >= 4 is 47.0 Å². The van der Waals surface area contributed by atoms with Gasteiger partial charge in [0, 0.05) is 23.3 Å². The highest BCUT2D eigenvalue weighted by molar-refractivity contribution is 6.36. The van der Waals surface area contributed by atoms with Gasteiger partial charge in [-0.1, -0.05) is 65.7 Å². The van der Waals surface area contributed by atoms with Crippen molar-refractivity contribution in [2.75, 3.05) is 12.8 Å². The number of carbonyl (C=O) groups excluding carboxylic acids is 1. The number of rotatable bonds is 8. The molecule has 6 nitrogen and oxygen atoms in total. The van der Waals surface area contributed by atoms with Crippen LogP contribution in [0.1, 0.15) is 28.7 Å². The Balaban J connectivity index is 1.27. The second-order valence-electron chi connectivity index (χ2n) is 9.22. The highest BCUT2D eigenvalue weighted by Crippen LogP contribution is 2.32. The summed E-state index contributed by atoms with van der Waals surface area (Å²) in [5, 5.41) is 1.16. The van der Waals surface area contributed by atoms with E-state index in [1.807, 2.05) is 54.7 Å². The molecular weight excluding hydrogens is 557 g/mol. The Labute approximate surface area is 248 Å². The highest BCUT2D eigenvalue weighted by Gasteiger charge is 2.12. The van der Waals surface area contributed by atoms with Crippen LogP contribution < -0.4 is 10.5 Å². The van der Waals surface area contributed by atoms with Crippen LogP contribution >= 0.6 is 23.2 Å². The first-order valence-corrected chi connectivity index (χ1v) is 13.7. The van der Waals surface area contributed by atoms with Crippen molar-refractivity contribution in [3.05, 3.63) is 118 Å². The first kappa shape index (κ1) is 28.0. The summed E-state index contributed by atoms with van der Waals surface area (Å²) >= 11 is 12.5. The monoisotopic (exact) mass is 583 g/mol. The van der Waals surface area contributed by atoms with Crippen molar-refractivity contribution in [2.45, 2.75) is 13.5 Å². The molecule has 0 amide bonds. The molecule has 1 aromatic heterocycles. The van der Waals surface area contributed by atoms with E-state index in [0.29, 0.717) is 32.8 Å². The van der Waals surface area contributed by atoms with Gasteiger partial charge in [-0.3, -0.25) is 0 Å². The molecule has 0 aliphatic heterocycles. The van der Waals surface area contributed by atoms with E-state index in [2.05, 4.69) is 35.8 Å². The normalized spacial score (nSPS) is 11.1. The van der Waals surface area contributed by atoms with Crippen molar-refractivity contribution in [3.8, 4) is 33.9 Å². The Hall–Kier alpha value is -4.52. The second kappa shape index (κ2) is 12.3. The number of methoxy groups -OCH3 is 1. The Morgan fingerprint density at radius 3 is 2.27 bits per heavy atom. The lowest BCUT2D eigenvalue weighted by molar-refractivity contribution is 0.0601. The number of imidazole rings is 1. The Kier molecular flexibility index (Phi) is 8.43. The number of nitrogen functional groups attached to an aromatic ring is 1. The Morgan fingerprint density at radius 2 is 1.63 bits per heavy atom. The van der Waals surface area contributed by atoms with Crippen LogP contribution in [0.5, 0.6) is 11.5 Å². The molecule has 0 fully saturated rings. The average molecular weight is 585 g/mol. The predicted octanol–water partition coefficient (Wildman–Crippen LogP) is 8.88. The predicted molar refractivity (Wildman–Crippen MR) is 166 cm³/mol. The molecule has 0 atom stereocenters. The fourth-order valence-electron chi connectivity index (χ4n) is 4.33. The van der Waals surface area contributed by atoms with Gasteiger partial charge < -0.3 is 19.8 Å². The third kappa shape index (κ3) is 6.46. The van der Waals surface area contributed by atoms with Gasteiger partial charge in [0.15, 0.2) is 0 Å². The number of anilines is 1. The minimum atomic E-state index is -0.449. The minimum absolute atomic E-state index is 0.354. The standard InChI is InChI=1S/C33H27Cl2N3O3/c1-3-38-20-30(27-15-12-25(34)19-28(27)35)37-32(38)17-6-21-4-7-22(8-5-21)23-9-13-26(14-10-23)41-31-16-11-24(18-29(31)36)33(39)40-2/h4-20H,3,36H2,1-2H3/b17-6+. The van der Waals surface area contributed by atoms with E-state index in [4.69, 9.17) is 43.4 Å². The number of benzene rings is 4. The summed E-state index contributed by atoms with van der Waals surface area (Å²) < 4.78 is 12.7. The molecule has 0 unspecified atom stereocenters. The van der Waals surface area contributed by atoms with Crippen molar-refractivity contribution in [2.24, 2.45) is 0 Å². The van der Waals surface area contributed by atoms with Gasteiger partial charge in [-0.15, -0.1) is 0 Å². The van der Waals surface area contributed by atoms with Gasteiger partial charge in [0.2, 0.25) is 0 Å². The molecule has 0 saturated heterocycles. The molecule has 5 rings (SSSR count). The van der Waals surface area contributed by atoms with Gasteiger partial charge in [-0.2, -0.15) is 0 Å². The molecule has 0 radical (unpaired) electrons. The van der Waals surface area contributed by atoms with Crippen molar-refractivity contribution in [1.82, 2.24) is 9.55 Å². The molecule has 4 aromatic carbocycles. The zero-order chi connectivity index (χ0) is 28.9. The molecule has 41 heavy (non-hydrogen) atoms. The molecule has 2 N–H and O–H groups in total. The lowest BCUT2D eigenvalue weighted by Crippen LogP contribution is -2.02. The molecule has 1 heterocycles. The van der Waals surface area contributed by atoms with E-state index >= 15 is 0 Å². The number of hydrogen-bond acceptors (Lipinski definition) is 5. The van der Waals surface area contributed by atoms with Crippen LogP contribution in [0.2, 0.25) is 10.0 Å².